The number of anilines is 1. The monoisotopic (exact) mass is 470 g/mol. The maximum atomic E-state index is 12.0. The molecule has 0 fully saturated rings. The predicted molar refractivity (Wildman–Crippen MR) is 108 cm³/mol. The molecule has 2 aromatic rings. The summed E-state index contributed by atoms with van der Waals surface area (Å²) in [7, 11) is 0. The zero-order valence-electron chi connectivity index (χ0n) is 13.2. The van der Waals surface area contributed by atoms with E-state index in [0.717, 1.165) is 25.8 Å². The first-order valence-electron chi connectivity index (χ1n) is 7.11. The normalized spacial score (nSPS) is 10.2. The predicted octanol–water partition coefficient (Wildman–Crippen LogP) is 4.72. The molecule has 0 saturated carbocycles. The number of aryl methyl sites for hydroxylation is 2. The van der Waals surface area contributed by atoms with Crippen molar-refractivity contribution in [1.29, 1.82) is 0 Å². The Hall–Kier alpha value is -1.44. The third-order valence-corrected chi connectivity index (χ3v) is 4.46. The van der Waals surface area contributed by atoms with Gasteiger partial charge < -0.3 is 10.1 Å². The number of nitrogens with one attached hydrogen (secondary N) is 2. The summed E-state index contributed by atoms with van der Waals surface area (Å²) >= 11 is 11.9. The summed E-state index contributed by atoms with van der Waals surface area (Å²) in [4.78, 5) is 12.0. The molecular weight excluding hydrogens is 456 g/mol. The van der Waals surface area contributed by atoms with Gasteiger partial charge >= 0.3 is 0 Å². The van der Waals surface area contributed by atoms with Crippen LogP contribution in [0.1, 0.15) is 11.1 Å². The minimum absolute atomic E-state index is 0.130. The molecule has 0 heterocycles. The van der Waals surface area contributed by atoms with Crippen LogP contribution >= 0.6 is 44.1 Å². The van der Waals surface area contributed by atoms with Crippen LogP contribution in [-0.4, -0.2) is 17.6 Å². The second-order valence-corrected chi connectivity index (χ2v) is 7.36. The van der Waals surface area contributed by atoms with Crippen LogP contribution in [-0.2, 0) is 4.79 Å². The van der Waals surface area contributed by atoms with E-state index in [2.05, 4.69) is 42.5 Å². The second kappa shape index (κ2) is 8.60. The van der Waals surface area contributed by atoms with Crippen molar-refractivity contribution < 1.29 is 9.53 Å². The number of ether oxygens (including phenoxy) is 1. The molecule has 126 valence electrons. The largest absolute Gasteiger partial charge is 0.483 e. The number of hydrogen-bond acceptors (Lipinski definition) is 3. The highest BCUT2D eigenvalue weighted by Crippen LogP contribution is 2.28. The zero-order valence-corrected chi connectivity index (χ0v) is 17.1. The first-order valence-corrected chi connectivity index (χ1v) is 9.10. The molecule has 0 atom stereocenters. The molecule has 2 aromatic carbocycles. The van der Waals surface area contributed by atoms with Gasteiger partial charge in [-0.25, -0.2) is 0 Å². The Morgan fingerprint density at radius 3 is 2.62 bits per heavy atom. The molecule has 0 bridgehead atoms. The number of benzene rings is 2. The molecule has 0 aromatic heterocycles. The van der Waals surface area contributed by atoms with Crippen molar-refractivity contribution in [2.45, 2.75) is 13.8 Å². The Kier molecular flexibility index (Phi) is 6.77. The highest BCUT2D eigenvalue weighted by atomic mass is 79.9. The Balaban J connectivity index is 1.87. The summed E-state index contributed by atoms with van der Waals surface area (Å²) in [5, 5.41) is 5.88. The Labute approximate surface area is 163 Å². The number of thiocarbonyl (C=S) groups is 1. The van der Waals surface area contributed by atoms with E-state index in [1.807, 2.05) is 44.2 Å². The first-order chi connectivity index (χ1) is 11.3. The summed E-state index contributed by atoms with van der Waals surface area (Å²) < 4.78 is 7.17. The fourth-order valence-corrected chi connectivity index (χ4v) is 3.31. The SMILES string of the molecule is Cc1ccc(C)c(NC(=S)NC(=O)COc2ccc(Br)cc2Br)c1. The van der Waals surface area contributed by atoms with Crippen molar-refractivity contribution in [3.05, 3.63) is 56.5 Å². The number of amides is 1. The van der Waals surface area contributed by atoms with Crippen LogP contribution < -0.4 is 15.4 Å². The summed E-state index contributed by atoms with van der Waals surface area (Å²) in [5.74, 6) is 0.259. The van der Waals surface area contributed by atoms with E-state index >= 15 is 0 Å². The molecule has 7 heteroatoms. The van der Waals surface area contributed by atoms with Crippen LogP contribution in [0.5, 0.6) is 5.75 Å². The lowest BCUT2D eigenvalue weighted by Gasteiger charge is -2.13. The number of hydrogen-bond donors (Lipinski definition) is 2. The van der Waals surface area contributed by atoms with Gasteiger partial charge in [-0.05, 0) is 77.4 Å². The minimum Gasteiger partial charge on any atom is -0.483 e. The quantitative estimate of drug-likeness (QED) is 0.633. The van der Waals surface area contributed by atoms with Crippen LogP contribution in [0, 0.1) is 13.8 Å². The van der Waals surface area contributed by atoms with Crippen molar-refractivity contribution in [2.75, 3.05) is 11.9 Å². The van der Waals surface area contributed by atoms with Crippen LogP contribution in [0.3, 0.4) is 0 Å². The topological polar surface area (TPSA) is 50.4 Å². The molecule has 2 N–H and O–H groups in total. The van der Waals surface area contributed by atoms with Gasteiger partial charge in [0, 0.05) is 10.2 Å². The third-order valence-electron chi connectivity index (χ3n) is 3.15. The van der Waals surface area contributed by atoms with Gasteiger partial charge in [-0.15, -0.1) is 0 Å². The molecule has 0 spiro atoms. The smallest absolute Gasteiger partial charge is 0.264 e. The van der Waals surface area contributed by atoms with Crippen LogP contribution in [0.4, 0.5) is 5.69 Å². The van der Waals surface area contributed by atoms with E-state index < -0.39 is 0 Å². The number of rotatable bonds is 4. The summed E-state index contributed by atoms with van der Waals surface area (Å²) in [6, 6.07) is 11.4. The Morgan fingerprint density at radius 2 is 1.92 bits per heavy atom. The maximum Gasteiger partial charge on any atom is 0.264 e. The van der Waals surface area contributed by atoms with E-state index in [9.17, 15) is 4.79 Å². The summed E-state index contributed by atoms with van der Waals surface area (Å²) in [6.45, 7) is 3.84. The van der Waals surface area contributed by atoms with E-state index in [1.54, 1.807) is 6.07 Å². The second-order valence-electron chi connectivity index (χ2n) is 5.18. The first kappa shape index (κ1) is 18.9. The number of carbonyl (C=O) groups is 1. The van der Waals surface area contributed by atoms with Gasteiger partial charge in [0.2, 0.25) is 0 Å². The number of halogens is 2. The molecular formula is C17H16Br2N2O2S. The van der Waals surface area contributed by atoms with Crippen LogP contribution in [0.25, 0.3) is 0 Å². The standard InChI is InChI=1S/C17H16Br2N2O2S/c1-10-3-4-11(2)14(7-10)20-17(24)21-16(22)9-23-15-6-5-12(18)8-13(15)19/h3-8H,9H2,1-2H3,(H2,20,21,22,24). The lowest BCUT2D eigenvalue weighted by molar-refractivity contribution is -0.121. The average molecular weight is 472 g/mol. The van der Waals surface area contributed by atoms with Gasteiger partial charge in [0.05, 0.1) is 4.47 Å². The third kappa shape index (κ3) is 5.58. The molecule has 0 aliphatic rings. The van der Waals surface area contributed by atoms with Crippen molar-refractivity contribution >= 4 is 60.8 Å². The lowest BCUT2D eigenvalue weighted by Crippen LogP contribution is -2.37. The summed E-state index contributed by atoms with van der Waals surface area (Å²) in [6.07, 6.45) is 0. The summed E-state index contributed by atoms with van der Waals surface area (Å²) in [5.41, 5.74) is 3.03. The minimum atomic E-state index is -0.326. The van der Waals surface area contributed by atoms with E-state index in [-0.39, 0.29) is 17.6 Å². The highest BCUT2D eigenvalue weighted by Gasteiger charge is 2.09. The van der Waals surface area contributed by atoms with Crippen LogP contribution in [0.2, 0.25) is 0 Å². The number of carbonyl (C=O) groups excluding carboxylic acids is 1. The Bertz CT molecular complexity index is 781. The molecule has 4 nitrogen and oxygen atoms in total. The van der Waals surface area contributed by atoms with Gasteiger partial charge in [-0.2, -0.15) is 0 Å². The van der Waals surface area contributed by atoms with Crippen molar-refractivity contribution in [1.82, 2.24) is 5.32 Å². The van der Waals surface area contributed by atoms with Crippen LogP contribution in [0.15, 0.2) is 45.3 Å². The fourth-order valence-electron chi connectivity index (χ4n) is 1.92. The van der Waals surface area contributed by atoms with E-state index in [1.165, 1.54) is 0 Å². The molecule has 0 saturated heterocycles. The van der Waals surface area contributed by atoms with Gasteiger partial charge in [-0.1, -0.05) is 28.1 Å². The fraction of sp³-hybridized carbons (Fsp3) is 0.176. The van der Waals surface area contributed by atoms with Crippen molar-refractivity contribution in [2.24, 2.45) is 0 Å². The molecule has 0 radical (unpaired) electrons. The molecule has 0 unspecified atom stereocenters. The average Bonchev–Trinajstić information content (AvgIpc) is 2.50. The molecule has 2 rings (SSSR count). The highest BCUT2D eigenvalue weighted by molar-refractivity contribution is 9.11. The van der Waals surface area contributed by atoms with Gasteiger partial charge in [0.1, 0.15) is 5.75 Å². The molecule has 0 aliphatic carbocycles. The molecule has 0 aliphatic heterocycles. The zero-order chi connectivity index (χ0) is 17.7. The van der Waals surface area contributed by atoms with Gasteiger partial charge in [-0.3, -0.25) is 10.1 Å². The van der Waals surface area contributed by atoms with E-state index in [4.69, 9.17) is 17.0 Å². The van der Waals surface area contributed by atoms with Gasteiger partial charge in [0.25, 0.3) is 5.91 Å². The maximum absolute atomic E-state index is 12.0. The van der Waals surface area contributed by atoms with E-state index in [0.29, 0.717) is 5.75 Å². The van der Waals surface area contributed by atoms with Crippen molar-refractivity contribution in [3.8, 4) is 5.75 Å². The molecule has 1 amide bonds. The Morgan fingerprint density at radius 1 is 1.17 bits per heavy atom. The van der Waals surface area contributed by atoms with Crippen molar-refractivity contribution in [3.63, 3.8) is 0 Å². The lowest BCUT2D eigenvalue weighted by atomic mass is 10.1. The molecule has 24 heavy (non-hydrogen) atoms. The van der Waals surface area contributed by atoms with Gasteiger partial charge in [0.15, 0.2) is 11.7 Å².